The number of hydrogen-bond acceptors (Lipinski definition) is 7. The number of aromatic nitrogens is 3. The average Bonchev–Trinajstić information content (AvgIpc) is 3.05. The number of benzene rings is 1. The number of nitrogens with one attached hydrogen (secondary N) is 1. The van der Waals surface area contributed by atoms with Gasteiger partial charge in [-0.2, -0.15) is 9.37 Å². The Hall–Kier alpha value is -2.39. The van der Waals surface area contributed by atoms with Crippen molar-refractivity contribution in [2.45, 2.75) is 11.4 Å². The summed E-state index contributed by atoms with van der Waals surface area (Å²) in [5.74, 6) is -0.527. The van der Waals surface area contributed by atoms with Gasteiger partial charge in [0.2, 0.25) is 11.9 Å². The third-order valence-electron chi connectivity index (χ3n) is 3.15. The quantitative estimate of drug-likeness (QED) is 0.702. The Morgan fingerprint density at radius 1 is 1.21 bits per heavy atom. The van der Waals surface area contributed by atoms with Crippen LogP contribution in [0.5, 0.6) is 0 Å². The molecule has 0 aliphatic carbocycles. The normalized spacial score (nSPS) is 11.4. The van der Waals surface area contributed by atoms with Crippen molar-refractivity contribution in [2.24, 2.45) is 0 Å². The van der Waals surface area contributed by atoms with Crippen molar-refractivity contribution in [3.8, 4) is 11.3 Å². The summed E-state index contributed by atoms with van der Waals surface area (Å²) in [7, 11) is -3.28. The molecule has 124 valence electrons. The number of sulfone groups is 1. The van der Waals surface area contributed by atoms with Crippen LogP contribution in [0.25, 0.3) is 11.3 Å². The zero-order valence-electron chi connectivity index (χ0n) is 12.6. The van der Waals surface area contributed by atoms with E-state index >= 15 is 0 Å². The van der Waals surface area contributed by atoms with Crippen molar-refractivity contribution in [1.29, 1.82) is 0 Å². The monoisotopic (exact) mass is 363 g/mol. The molecule has 2 aromatic heterocycles. The molecule has 0 spiro atoms. The topological polar surface area (TPSA) is 84.8 Å². The Balaban J connectivity index is 1.85. The molecule has 0 radical (unpaired) electrons. The Bertz CT molecular complexity index is 942. The standard InChI is InChI=1S/C15H13FN4O2S2/c1-24(21,22)11-4-2-10(3-5-11)12-8-13(16)20-15(19-12)18-9-14-17-6-7-23-14/h2-8H,9H2,1H3,(H,18,19,20)/i16-1. The number of thiazole rings is 1. The van der Waals surface area contributed by atoms with Crippen LogP contribution in [0.1, 0.15) is 5.01 Å². The van der Waals surface area contributed by atoms with Crippen molar-refractivity contribution in [1.82, 2.24) is 15.0 Å². The van der Waals surface area contributed by atoms with Gasteiger partial charge in [0, 0.05) is 29.5 Å². The van der Waals surface area contributed by atoms with E-state index in [1.807, 2.05) is 5.38 Å². The third-order valence-corrected chi connectivity index (χ3v) is 5.06. The molecule has 0 saturated carbocycles. The molecule has 3 aromatic rings. The van der Waals surface area contributed by atoms with Crippen LogP contribution in [-0.2, 0) is 16.4 Å². The summed E-state index contributed by atoms with van der Waals surface area (Å²) in [5, 5.41) is 5.60. The Labute approximate surface area is 142 Å². The van der Waals surface area contributed by atoms with E-state index in [2.05, 4.69) is 20.3 Å². The zero-order valence-corrected chi connectivity index (χ0v) is 14.2. The Morgan fingerprint density at radius 3 is 2.58 bits per heavy atom. The van der Waals surface area contributed by atoms with E-state index in [0.717, 1.165) is 11.3 Å². The molecular weight excluding hydrogens is 350 g/mol. The predicted molar refractivity (Wildman–Crippen MR) is 90.0 cm³/mol. The first-order valence-electron chi connectivity index (χ1n) is 6.89. The van der Waals surface area contributed by atoms with Gasteiger partial charge >= 0.3 is 0 Å². The molecule has 3 rings (SSSR count). The van der Waals surface area contributed by atoms with Gasteiger partial charge in [0.05, 0.1) is 17.1 Å². The number of nitrogens with zero attached hydrogens (tertiary/aromatic N) is 3. The first-order valence-corrected chi connectivity index (χ1v) is 9.66. The summed E-state index contributed by atoms with van der Waals surface area (Å²) < 4.78 is 36.7. The molecule has 1 aromatic carbocycles. The number of halogens is 1. The fourth-order valence-corrected chi connectivity index (χ4v) is 3.20. The molecule has 0 fully saturated rings. The lowest BCUT2D eigenvalue weighted by Gasteiger charge is -2.07. The molecule has 0 aliphatic heterocycles. The highest BCUT2D eigenvalue weighted by atomic mass is 32.2. The van der Waals surface area contributed by atoms with Crippen LogP contribution in [0.2, 0.25) is 0 Å². The van der Waals surface area contributed by atoms with Gasteiger partial charge < -0.3 is 5.32 Å². The van der Waals surface area contributed by atoms with Crippen LogP contribution in [0.4, 0.5) is 10.3 Å². The lowest BCUT2D eigenvalue weighted by molar-refractivity contribution is 0.582. The molecule has 0 unspecified atom stereocenters. The molecule has 0 bridgehead atoms. The van der Waals surface area contributed by atoms with Crippen LogP contribution in [0, 0.1) is 5.95 Å². The Kier molecular flexibility index (Phi) is 4.54. The smallest absolute Gasteiger partial charge is 0.226 e. The van der Waals surface area contributed by atoms with Gasteiger partial charge in [0.15, 0.2) is 9.84 Å². The van der Waals surface area contributed by atoms with Gasteiger partial charge in [0.25, 0.3) is 0 Å². The van der Waals surface area contributed by atoms with E-state index in [0.29, 0.717) is 17.8 Å². The van der Waals surface area contributed by atoms with E-state index in [9.17, 15) is 12.8 Å². The van der Waals surface area contributed by atoms with E-state index < -0.39 is 15.8 Å². The summed E-state index contributed by atoms with van der Waals surface area (Å²) in [5.41, 5.74) is 0.963. The molecule has 0 amide bonds. The lowest BCUT2D eigenvalue weighted by Crippen LogP contribution is -2.05. The molecule has 6 nitrogen and oxygen atoms in total. The molecule has 24 heavy (non-hydrogen) atoms. The van der Waals surface area contributed by atoms with Crippen LogP contribution >= 0.6 is 11.3 Å². The number of anilines is 1. The van der Waals surface area contributed by atoms with Gasteiger partial charge in [-0.1, -0.05) is 12.1 Å². The SMILES string of the molecule is CS(=O)(=O)c1ccc(-c2cc([18F])nc(NCc3nccs3)n2)cc1. The molecule has 2 heterocycles. The summed E-state index contributed by atoms with van der Waals surface area (Å²) in [6.45, 7) is 0.396. The zero-order chi connectivity index (χ0) is 17.2. The second-order valence-corrected chi connectivity index (χ2v) is 7.97. The molecule has 0 saturated heterocycles. The van der Waals surface area contributed by atoms with Gasteiger partial charge in [-0.3, -0.25) is 0 Å². The Morgan fingerprint density at radius 2 is 1.96 bits per heavy atom. The van der Waals surface area contributed by atoms with Crippen LogP contribution in [0.15, 0.2) is 46.8 Å². The summed E-state index contributed by atoms with van der Waals surface area (Å²) in [6.07, 6.45) is 2.82. The second kappa shape index (κ2) is 6.62. The molecule has 0 aliphatic rings. The van der Waals surface area contributed by atoms with Crippen molar-refractivity contribution in [3.05, 3.63) is 52.9 Å². The van der Waals surface area contributed by atoms with E-state index in [1.54, 1.807) is 18.3 Å². The third kappa shape index (κ3) is 3.92. The maximum absolute atomic E-state index is 13.7. The van der Waals surface area contributed by atoms with Crippen molar-refractivity contribution in [2.75, 3.05) is 11.6 Å². The summed E-state index contributed by atoms with van der Waals surface area (Å²) in [4.78, 5) is 12.3. The number of rotatable bonds is 5. The second-order valence-electron chi connectivity index (χ2n) is 4.98. The van der Waals surface area contributed by atoms with Crippen LogP contribution in [0.3, 0.4) is 0 Å². The maximum atomic E-state index is 13.7. The molecule has 9 heteroatoms. The van der Waals surface area contributed by atoms with Crippen molar-refractivity contribution < 1.29 is 12.8 Å². The molecule has 1 N–H and O–H groups in total. The van der Waals surface area contributed by atoms with Crippen LogP contribution in [-0.4, -0.2) is 29.6 Å². The van der Waals surface area contributed by atoms with Crippen LogP contribution < -0.4 is 5.32 Å². The van der Waals surface area contributed by atoms with Gasteiger partial charge in [0.1, 0.15) is 5.01 Å². The summed E-state index contributed by atoms with van der Waals surface area (Å²) in [6, 6.07) is 7.30. The van der Waals surface area contributed by atoms with E-state index in [-0.39, 0.29) is 10.8 Å². The van der Waals surface area contributed by atoms with Crippen molar-refractivity contribution in [3.63, 3.8) is 0 Å². The highest BCUT2D eigenvalue weighted by Crippen LogP contribution is 2.21. The highest BCUT2D eigenvalue weighted by molar-refractivity contribution is 7.90. The van der Waals surface area contributed by atoms with Crippen molar-refractivity contribution >= 4 is 27.1 Å². The van der Waals surface area contributed by atoms with Gasteiger partial charge in [-0.25, -0.2) is 18.4 Å². The predicted octanol–water partition coefficient (Wildman–Crippen LogP) is 2.75. The highest BCUT2D eigenvalue weighted by Gasteiger charge is 2.10. The average molecular weight is 363 g/mol. The van der Waals surface area contributed by atoms with E-state index in [1.165, 1.54) is 29.5 Å². The fourth-order valence-electron chi connectivity index (χ4n) is 2.01. The lowest BCUT2D eigenvalue weighted by atomic mass is 10.1. The minimum Gasteiger partial charge on any atom is -0.348 e. The molecule has 0 atom stereocenters. The van der Waals surface area contributed by atoms with E-state index in [4.69, 9.17) is 0 Å². The largest absolute Gasteiger partial charge is 0.348 e. The van der Waals surface area contributed by atoms with Gasteiger partial charge in [-0.15, -0.1) is 11.3 Å². The first kappa shape index (κ1) is 16.5. The summed E-state index contributed by atoms with van der Waals surface area (Å²) >= 11 is 1.47. The number of hydrogen-bond donors (Lipinski definition) is 1. The molecular formula is C15H13FN4O2S2. The fraction of sp³-hybridized carbons (Fsp3) is 0.133. The minimum absolute atomic E-state index is 0.146. The first-order chi connectivity index (χ1) is 11.4. The maximum Gasteiger partial charge on any atom is 0.226 e. The minimum atomic E-state index is -3.28. The van der Waals surface area contributed by atoms with Gasteiger partial charge in [-0.05, 0) is 12.1 Å².